The minimum absolute atomic E-state index is 0.0519. The summed E-state index contributed by atoms with van der Waals surface area (Å²) in [5, 5.41) is 3.00. The van der Waals surface area contributed by atoms with Crippen molar-refractivity contribution >= 4 is 23.2 Å². The number of thiophene rings is 1. The van der Waals surface area contributed by atoms with Crippen molar-refractivity contribution < 1.29 is 4.79 Å². The lowest BCUT2D eigenvalue weighted by Crippen LogP contribution is -2.25. The van der Waals surface area contributed by atoms with E-state index in [1.54, 1.807) is 18.3 Å². The summed E-state index contributed by atoms with van der Waals surface area (Å²) in [6.45, 7) is 1.97. The molecule has 0 radical (unpaired) electrons. The van der Waals surface area contributed by atoms with Crippen LogP contribution in [0.3, 0.4) is 0 Å². The molecule has 0 fully saturated rings. The summed E-state index contributed by atoms with van der Waals surface area (Å²) in [4.78, 5) is 21.9. The van der Waals surface area contributed by atoms with Crippen molar-refractivity contribution in [1.82, 2.24) is 15.3 Å². The third-order valence-corrected chi connectivity index (χ3v) is 4.51. The maximum atomic E-state index is 12.4. The number of carbonyl (C=O) groups is 1. The molecule has 1 atom stereocenters. The Kier molecular flexibility index (Phi) is 4.34. The number of nitrogens with two attached hydrogens (primary N) is 1. The highest BCUT2D eigenvalue weighted by molar-refractivity contribution is 7.17. The zero-order chi connectivity index (χ0) is 16.2. The molecule has 0 spiro atoms. The number of carbonyl (C=O) groups excluding carboxylic acids is 1. The van der Waals surface area contributed by atoms with Crippen LogP contribution < -0.4 is 11.1 Å². The van der Waals surface area contributed by atoms with Gasteiger partial charge in [-0.1, -0.05) is 30.3 Å². The van der Waals surface area contributed by atoms with Gasteiger partial charge in [0.1, 0.15) is 0 Å². The summed E-state index contributed by atoms with van der Waals surface area (Å²) in [5.41, 5.74) is 7.39. The van der Waals surface area contributed by atoms with E-state index in [9.17, 15) is 4.79 Å². The van der Waals surface area contributed by atoms with Crippen molar-refractivity contribution in [2.24, 2.45) is 0 Å². The highest BCUT2D eigenvalue weighted by Crippen LogP contribution is 2.27. The molecule has 0 bridgehead atoms. The molecular formula is C17H16N4OS. The van der Waals surface area contributed by atoms with Gasteiger partial charge in [0, 0.05) is 6.20 Å². The maximum absolute atomic E-state index is 12.4. The number of rotatable bonds is 4. The molecule has 0 saturated heterocycles. The summed E-state index contributed by atoms with van der Waals surface area (Å²) in [6.07, 6.45) is 1.61. The number of nitrogens with one attached hydrogen (secondary N) is 1. The predicted molar refractivity (Wildman–Crippen MR) is 92.1 cm³/mol. The Bertz CT molecular complexity index is 816. The molecular weight excluding hydrogens is 308 g/mol. The number of amides is 1. The Morgan fingerprint density at radius 2 is 1.96 bits per heavy atom. The minimum atomic E-state index is -0.0976. The zero-order valence-electron chi connectivity index (χ0n) is 12.6. The van der Waals surface area contributed by atoms with Crippen LogP contribution in [0.15, 0.2) is 54.7 Å². The average molecular weight is 324 g/mol. The summed E-state index contributed by atoms with van der Waals surface area (Å²) in [6, 6.07) is 15.3. The van der Waals surface area contributed by atoms with E-state index in [0.29, 0.717) is 4.88 Å². The highest BCUT2D eigenvalue weighted by Gasteiger charge is 2.14. The first-order chi connectivity index (χ1) is 11.1. The number of hydrogen-bond donors (Lipinski definition) is 2. The van der Waals surface area contributed by atoms with E-state index in [4.69, 9.17) is 5.73 Å². The first-order valence-electron chi connectivity index (χ1n) is 7.18. The zero-order valence-corrected chi connectivity index (χ0v) is 13.4. The van der Waals surface area contributed by atoms with E-state index in [1.807, 2.05) is 43.3 Å². The summed E-state index contributed by atoms with van der Waals surface area (Å²) in [5.74, 6) is 0.124. The smallest absolute Gasteiger partial charge is 0.261 e. The van der Waals surface area contributed by atoms with Gasteiger partial charge in [0.25, 0.3) is 5.91 Å². The van der Waals surface area contributed by atoms with Gasteiger partial charge in [0.05, 0.1) is 21.5 Å². The third-order valence-electron chi connectivity index (χ3n) is 3.40. The summed E-state index contributed by atoms with van der Waals surface area (Å²) in [7, 11) is 0. The van der Waals surface area contributed by atoms with E-state index in [0.717, 1.165) is 16.1 Å². The number of benzene rings is 1. The lowest BCUT2D eigenvalue weighted by molar-refractivity contribution is 0.0944. The van der Waals surface area contributed by atoms with Crippen molar-refractivity contribution in [3.63, 3.8) is 0 Å². The maximum Gasteiger partial charge on any atom is 0.261 e. The van der Waals surface area contributed by atoms with E-state index in [1.165, 1.54) is 11.3 Å². The first kappa shape index (κ1) is 15.2. The molecule has 0 saturated carbocycles. The van der Waals surface area contributed by atoms with Gasteiger partial charge in [0.2, 0.25) is 5.95 Å². The molecule has 0 unspecified atom stereocenters. The van der Waals surface area contributed by atoms with Crippen LogP contribution in [0.25, 0.3) is 10.6 Å². The summed E-state index contributed by atoms with van der Waals surface area (Å²) < 4.78 is 0. The molecule has 1 aromatic carbocycles. The Hall–Kier alpha value is -2.73. The fourth-order valence-electron chi connectivity index (χ4n) is 2.20. The van der Waals surface area contributed by atoms with Gasteiger partial charge in [-0.05, 0) is 30.7 Å². The molecule has 0 aliphatic heterocycles. The quantitative estimate of drug-likeness (QED) is 0.772. The normalized spacial score (nSPS) is 11.9. The number of aromatic nitrogens is 2. The van der Waals surface area contributed by atoms with Gasteiger partial charge < -0.3 is 11.1 Å². The fraction of sp³-hybridized carbons (Fsp3) is 0.118. The van der Waals surface area contributed by atoms with Crippen LogP contribution in [-0.4, -0.2) is 15.9 Å². The van der Waals surface area contributed by atoms with Crippen molar-refractivity contribution in [1.29, 1.82) is 0 Å². The lowest BCUT2D eigenvalue weighted by atomic mass is 10.1. The molecule has 6 heteroatoms. The first-order valence-corrected chi connectivity index (χ1v) is 7.99. The van der Waals surface area contributed by atoms with E-state index >= 15 is 0 Å². The molecule has 3 rings (SSSR count). The molecule has 116 valence electrons. The van der Waals surface area contributed by atoms with Crippen LogP contribution in [0.1, 0.15) is 28.2 Å². The highest BCUT2D eigenvalue weighted by atomic mass is 32.1. The number of hydrogen-bond acceptors (Lipinski definition) is 5. The minimum Gasteiger partial charge on any atom is -0.368 e. The molecule has 1 amide bonds. The van der Waals surface area contributed by atoms with Crippen LogP contribution in [0.4, 0.5) is 5.95 Å². The Balaban J connectivity index is 1.74. The van der Waals surface area contributed by atoms with Gasteiger partial charge >= 0.3 is 0 Å². The standard InChI is InChI=1S/C17H16N4OS/c1-11(12-5-3-2-4-6-12)20-16(22)15-8-7-14(23-15)13-9-10-19-17(18)21-13/h2-11H,1H3,(H,20,22)(H2,18,19,21)/t11-/m1/s1. The molecule has 0 aliphatic carbocycles. The van der Waals surface area contributed by atoms with Crippen molar-refractivity contribution in [3.05, 3.63) is 65.2 Å². The van der Waals surface area contributed by atoms with Crippen LogP contribution in [0.5, 0.6) is 0 Å². The monoisotopic (exact) mass is 324 g/mol. The van der Waals surface area contributed by atoms with Gasteiger partial charge in [-0.15, -0.1) is 11.3 Å². The molecule has 3 N–H and O–H groups in total. The fourth-order valence-corrected chi connectivity index (χ4v) is 3.08. The molecule has 2 heterocycles. The Morgan fingerprint density at radius 1 is 1.17 bits per heavy atom. The molecule has 23 heavy (non-hydrogen) atoms. The van der Waals surface area contributed by atoms with E-state index < -0.39 is 0 Å². The largest absolute Gasteiger partial charge is 0.368 e. The van der Waals surface area contributed by atoms with Crippen LogP contribution in [-0.2, 0) is 0 Å². The van der Waals surface area contributed by atoms with Crippen LogP contribution in [0, 0.1) is 0 Å². The van der Waals surface area contributed by atoms with Gasteiger partial charge in [-0.25, -0.2) is 9.97 Å². The van der Waals surface area contributed by atoms with Gasteiger partial charge in [0.15, 0.2) is 0 Å². The second-order valence-electron chi connectivity index (χ2n) is 5.07. The predicted octanol–water partition coefficient (Wildman–Crippen LogP) is 3.28. The second-order valence-corrected chi connectivity index (χ2v) is 6.15. The number of anilines is 1. The third kappa shape index (κ3) is 3.54. The molecule has 3 aromatic rings. The lowest BCUT2D eigenvalue weighted by Gasteiger charge is -2.13. The number of nitrogen functional groups attached to an aromatic ring is 1. The van der Waals surface area contributed by atoms with Gasteiger partial charge in [-0.2, -0.15) is 0 Å². The average Bonchev–Trinajstić information content (AvgIpc) is 3.06. The van der Waals surface area contributed by atoms with Crippen LogP contribution >= 0.6 is 11.3 Å². The van der Waals surface area contributed by atoms with E-state index in [-0.39, 0.29) is 17.9 Å². The Labute approximate surface area is 138 Å². The SMILES string of the molecule is C[C@@H](NC(=O)c1ccc(-c2ccnc(N)n2)s1)c1ccccc1. The topological polar surface area (TPSA) is 80.9 Å². The molecule has 5 nitrogen and oxygen atoms in total. The molecule has 2 aromatic heterocycles. The van der Waals surface area contributed by atoms with Crippen molar-refractivity contribution in [2.45, 2.75) is 13.0 Å². The Morgan fingerprint density at radius 3 is 2.70 bits per heavy atom. The van der Waals surface area contributed by atoms with Crippen molar-refractivity contribution in [3.8, 4) is 10.6 Å². The van der Waals surface area contributed by atoms with Crippen LogP contribution in [0.2, 0.25) is 0 Å². The summed E-state index contributed by atoms with van der Waals surface area (Å²) >= 11 is 1.38. The molecule has 0 aliphatic rings. The van der Waals surface area contributed by atoms with E-state index in [2.05, 4.69) is 15.3 Å². The van der Waals surface area contributed by atoms with Crippen molar-refractivity contribution in [2.75, 3.05) is 5.73 Å². The number of nitrogens with zero attached hydrogens (tertiary/aromatic N) is 2. The van der Waals surface area contributed by atoms with Gasteiger partial charge in [-0.3, -0.25) is 4.79 Å². The second kappa shape index (κ2) is 6.58.